The highest BCUT2D eigenvalue weighted by molar-refractivity contribution is 5.77. The highest BCUT2D eigenvalue weighted by atomic mass is 16.2. The van der Waals surface area contributed by atoms with Crippen molar-refractivity contribution in [3.63, 3.8) is 0 Å². The minimum absolute atomic E-state index is 0.115. The van der Waals surface area contributed by atoms with E-state index in [4.69, 9.17) is 0 Å². The normalized spacial score (nSPS) is 23.4. The lowest BCUT2D eigenvalue weighted by Crippen LogP contribution is -2.50. The first kappa shape index (κ1) is 20.2. The molecule has 2 fully saturated rings. The van der Waals surface area contributed by atoms with Crippen LogP contribution in [0.1, 0.15) is 82.3 Å². The van der Waals surface area contributed by atoms with Gasteiger partial charge in [0.1, 0.15) is 0 Å². The maximum atomic E-state index is 12.7. The Morgan fingerprint density at radius 1 is 1.14 bits per heavy atom. The molecule has 29 heavy (non-hydrogen) atoms. The van der Waals surface area contributed by atoms with Crippen LogP contribution in [-0.2, 0) is 10.2 Å². The fraction of sp³-hybridized carbons (Fsp3) is 0.667. The Kier molecular flexibility index (Phi) is 5.84. The number of carbonyl (C=O) groups is 2. The van der Waals surface area contributed by atoms with Gasteiger partial charge in [-0.2, -0.15) is 0 Å². The van der Waals surface area contributed by atoms with Crippen LogP contribution in [-0.4, -0.2) is 42.0 Å². The molecule has 3 amide bonds. The number of hydrogen-bond donors (Lipinski definition) is 2. The first-order valence-electron chi connectivity index (χ1n) is 11.4. The van der Waals surface area contributed by atoms with E-state index in [1.807, 2.05) is 18.7 Å². The number of urea groups is 1. The minimum atomic E-state index is 0.115. The van der Waals surface area contributed by atoms with Gasteiger partial charge in [-0.15, -0.1) is 0 Å². The Labute approximate surface area is 174 Å². The van der Waals surface area contributed by atoms with Crippen LogP contribution in [0.5, 0.6) is 0 Å². The molecule has 1 saturated carbocycles. The molecule has 2 N–H and O–H groups in total. The lowest BCUT2D eigenvalue weighted by Gasteiger charge is -2.40. The van der Waals surface area contributed by atoms with E-state index in [1.54, 1.807) is 0 Å². The van der Waals surface area contributed by atoms with E-state index in [9.17, 15) is 9.59 Å². The maximum absolute atomic E-state index is 12.7. The standard InChI is InChI=1S/C24H35N3O2/c1-17(2)25-22(28)15-18-16-24(21-10-6-5-9-20(18)21)11-13-27(14-12-24)23(29)26-19-7-3-4-8-19/h5-6,9-10,17-19H,3-4,7-8,11-16H2,1-2H3,(H,25,28)(H,26,29). The Morgan fingerprint density at radius 3 is 2.52 bits per heavy atom. The van der Waals surface area contributed by atoms with Crippen molar-refractivity contribution in [3.8, 4) is 0 Å². The number of rotatable bonds is 4. The molecule has 1 spiro atoms. The highest BCUT2D eigenvalue weighted by Crippen LogP contribution is 2.52. The predicted molar refractivity (Wildman–Crippen MR) is 115 cm³/mol. The second-order valence-electron chi connectivity index (χ2n) is 9.61. The molecule has 1 saturated heterocycles. The molecular weight excluding hydrogens is 362 g/mol. The van der Waals surface area contributed by atoms with Crippen LogP contribution in [0.4, 0.5) is 4.79 Å². The number of nitrogens with zero attached hydrogens (tertiary/aromatic N) is 1. The molecule has 158 valence electrons. The van der Waals surface area contributed by atoms with Gasteiger partial charge in [0.25, 0.3) is 0 Å². The third-order valence-electron chi connectivity index (χ3n) is 7.18. The summed E-state index contributed by atoms with van der Waals surface area (Å²) in [6, 6.07) is 9.33. The van der Waals surface area contributed by atoms with Gasteiger partial charge in [-0.1, -0.05) is 37.1 Å². The van der Waals surface area contributed by atoms with Crippen LogP contribution in [0.3, 0.4) is 0 Å². The zero-order valence-corrected chi connectivity index (χ0v) is 17.9. The van der Waals surface area contributed by atoms with Gasteiger partial charge >= 0.3 is 6.03 Å². The molecule has 2 aliphatic carbocycles. The van der Waals surface area contributed by atoms with Crippen molar-refractivity contribution < 1.29 is 9.59 Å². The molecule has 0 radical (unpaired) electrons. The average Bonchev–Trinajstić information content (AvgIpc) is 3.29. The number of fused-ring (bicyclic) bond motifs is 2. The van der Waals surface area contributed by atoms with Gasteiger partial charge < -0.3 is 15.5 Å². The zero-order valence-electron chi connectivity index (χ0n) is 17.9. The van der Waals surface area contributed by atoms with E-state index in [1.165, 1.54) is 24.0 Å². The summed E-state index contributed by atoms with van der Waals surface area (Å²) < 4.78 is 0. The van der Waals surface area contributed by atoms with Gasteiger partial charge in [0.2, 0.25) is 5.91 Å². The number of nitrogens with one attached hydrogen (secondary N) is 2. The molecule has 1 aliphatic heterocycles. The lowest BCUT2D eigenvalue weighted by atomic mass is 9.73. The summed E-state index contributed by atoms with van der Waals surface area (Å²) in [7, 11) is 0. The Bertz CT molecular complexity index is 746. The molecule has 1 atom stereocenters. The number of carbonyl (C=O) groups excluding carboxylic acids is 2. The van der Waals surface area contributed by atoms with Crippen LogP contribution in [0.25, 0.3) is 0 Å². The molecule has 1 aromatic carbocycles. The van der Waals surface area contributed by atoms with Crippen LogP contribution < -0.4 is 10.6 Å². The quantitative estimate of drug-likeness (QED) is 0.804. The number of piperidine rings is 1. The monoisotopic (exact) mass is 397 g/mol. The molecule has 1 aromatic rings. The van der Waals surface area contributed by atoms with Crippen LogP contribution >= 0.6 is 0 Å². The summed E-state index contributed by atoms with van der Waals surface area (Å²) in [5, 5.41) is 6.28. The highest BCUT2D eigenvalue weighted by Gasteiger charge is 2.46. The van der Waals surface area contributed by atoms with Gasteiger partial charge in [0.05, 0.1) is 0 Å². The van der Waals surface area contributed by atoms with E-state index in [0.29, 0.717) is 12.5 Å². The zero-order chi connectivity index (χ0) is 20.4. The summed E-state index contributed by atoms with van der Waals surface area (Å²) in [4.78, 5) is 27.1. The van der Waals surface area contributed by atoms with Crippen molar-refractivity contribution in [2.24, 2.45) is 0 Å². The molecule has 0 aromatic heterocycles. The second-order valence-corrected chi connectivity index (χ2v) is 9.61. The van der Waals surface area contributed by atoms with E-state index in [2.05, 4.69) is 34.9 Å². The van der Waals surface area contributed by atoms with Crippen molar-refractivity contribution in [3.05, 3.63) is 35.4 Å². The van der Waals surface area contributed by atoms with Gasteiger partial charge in [-0.25, -0.2) is 4.79 Å². The van der Waals surface area contributed by atoms with Crippen LogP contribution in [0, 0.1) is 0 Å². The Morgan fingerprint density at radius 2 is 1.83 bits per heavy atom. The third kappa shape index (κ3) is 4.29. The summed E-state index contributed by atoms with van der Waals surface area (Å²) in [6.45, 7) is 5.62. The molecule has 3 aliphatic rings. The first-order chi connectivity index (χ1) is 14.0. The summed E-state index contributed by atoms with van der Waals surface area (Å²) in [5.74, 6) is 0.425. The van der Waals surface area contributed by atoms with Crippen molar-refractivity contribution in [2.75, 3.05) is 13.1 Å². The predicted octanol–water partition coefficient (Wildman–Crippen LogP) is 4.07. The average molecular weight is 398 g/mol. The molecule has 4 rings (SSSR count). The third-order valence-corrected chi connectivity index (χ3v) is 7.18. The van der Waals surface area contributed by atoms with E-state index < -0.39 is 0 Å². The summed E-state index contributed by atoms with van der Waals surface area (Å²) >= 11 is 0. The number of hydrogen-bond acceptors (Lipinski definition) is 2. The molecule has 5 nitrogen and oxygen atoms in total. The summed E-state index contributed by atoms with van der Waals surface area (Å²) in [5.41, 5.74) is 2.87. The van der Waals surface area contributed by atoms with Crippen molar-refractivity contribution in [1.82, 2.24) is 15.5 Å². The maximum Gasteiger partial charge on any atom is 0.317 e. The van der Waals surface area contributed by atoms with Crippen LogP contribution in [0.2, 0.25) is 0 Å². The minimum Gasteiger partial charge on any atom is -0.354 e. The molecule has 1 heterocycles. The molecule has 0 bridgehead atoms. The first-order valence-corrected chi connectivity index (χ1v) is 11.4. The summed E-state index contributed by atoms with van der Waals surface area (Å²) in [6.07, 6.45) is 8.27. The van der Waals surface area contributed by atoms with E-state index in [0.717, 1.165) is 45.2 Å². The van der Waals surface area contributed by atoms with Crippen LogP contribution in [0.15, 0.2) is 24.3 Å². The van der Waals surface area contributed by atoms with Crippen molar-refractivity contribution in [1.29, 1.82) is 0 Å². The number of amides is 3. The fourth-order valence-corrected chi connectivity index (χ4v) is 5.76. The van der Waals surface area contributed by atoms with Crippen molar-refractivity contribution in [2.45, 2.75) is 88.6 Å². The van der Waals surface area contributed by atoms with E-state index in [-0.39, 0.29) is 29.3 Å². The molecule has 5 heteroatoms. The Balaban J connectivity index is 1.42. The Hall–Kier alpha value is -2.04. The number of likely N-dealkylation sites (tertiary alicyclic amines) is 1. The van der Waals surface area contributed by atoms with Gasteiger partial charge in [0.15, 0.2) is 0 Å². The number of benzene rings is 1. The lowest BCUT2D eigenvalue weighted by molar-refractivity contribution is -0.122. The van der Waals surface area contributed by atoms with Gasteiger partial charge in [-0.3, -0.25) is 4.79 Å². The van der Waals surface area contributed by atoms with E-state index >= 15 is 0 Å². The van der Waals surface area contributed by atoms with Gasteiger partial charge in [-0.05, 0) is 68.4 Å². The molecular formula is C24H35N3O2. The van der Waals surface area contributed by atoms with Gasteiger partial charge in [0, 0.05) is 31.6 Å². The largest absolute Gasteiger partial charge is 0.354 e. The fourth-order valence-electron chi connectivity index (χ4n) is 5.76. The SMILES string of the molecule is CC(C)NC(=O)CC1CC2(CCN(C(=O)NC3CCCC3)CC2)c2ccccc21. The molecule has 1 unspecified atom stereocenters. The smallest absolute Gasteiger partial charge is 0.317 e. The second kappa shape index (κ2) is 8.37. The van der Waals surface area contributed by atoms with Crippen molar-refractivity contribution >= 4 is 11.9 Å². The topological polar surface area (TPSA) is 61.4 Å².